The number of aromatic nitrogens is 1. The van der Waals surface area contributed by atoms with E-state index in [1.165, 1.54) is 0 Å². The Kier molecular flexibility index (Phi) is 2.80. The minimum Gasteiger partial charge on any atom is -0.388 e. The van der Waals surface area contributed by atoms with Crippen molar-refractivity contribution in [2.75, 3.05) is 12.4 Å². The molecule has 3 rings (SSSR count). The van der Waals surface area contributed by atoms with Crippen molar-refractivity contribution in [2.45, 2.75) is 0 Å². The normalized spacial score (nSPS) is 10.6. The van der Waals surface area contributed by atoms with E-state index in [2.05, 4.69) is 10.3 Å². The van der Waals surface area contributed by atoms with Crippen LogP contribution in [0.3, 0.4) is 0 Å². The SMILES string of the molecule is CNc1cccc(C(=O)c2c[nH]c3ccccc23)c1. The lowest BCUT2D eigenvalue weighted by atomic mass is 10.0. The number of H-pyrrole nitrogens is 1. The number of fused-ring (bicyclic) bond motifs is 1. The second-order valence-electron chi connectivity index (χ2n) is 4.41. The highest BCUT2D eigenvalue weighted by molar-refractivity contribution is 6.16. The monoisotopic (exact) mass is 250 g/mol. The van der Waals surface area contributed by atoms with Gasteiger partial charge >= 0.3 is 0 Å². The van der Waals surface area contributed by atoms with Gasteiger partial charge in [0, 0.05) is 41.0 Å². The molecule has 19 heavy (non-hydrogen) atoms. The van der Waals surface area contributed by atoms with Gasteiger partial charge in [-0.25, -0.2) is 0 Å². The van der Waals surface area contributed by atoms with E-state index in [9.17, 15) is 4.79 Å². The summed E-state index contributed by atoms with van der Waals surface area (Å²) in [6, 6.07) is 15.3. The van der Waals surface area contributed by atoms with Gasteiger partial charge in [-0.05, 0) is 18.2 Å². The van der Waals surface area contributed by atoms with E-state index in [4.69, 9.17) is 0 Å². The van der Waals surface area contributed by atoms with Gasteiger partial charge in [0.1, 0.15) is 0 Å². The highest BCUT2D eigenvalue weighted by atomic mass is 16.1. The van der Waals surface area contributed by atoms with Crippen molar-refractivity contribution in [1.82, 2.24) is 4.98 Å². The van der Waals surface area contributed by atoms with Gasteiger partial charge in [0.2, 0.25) is 0 Å². The molecule has 0 aliphatic heterocycles. The number of anilines is 1. The van der Waals surface area contributed by atoms with Gasteiger partial charge in [0.25, 0.3) is 0 Å². The maximum atomic E-state index is 12.5. The van der Waals surface area contributed by atoms with E-state index in [0.29, 0.717) is 11.1 Å². The maximum Gasteiger partial charge on any atom is 0.195 e. The lowest BCUT2D eigenvalue weighted by molar-refractivity contribution is 0.104. The summed E-state index contributed by atoms with van der Waals surface area (Å²) in [6.07, 6.45) is 1.78. The average Bonchev–Trinajstić information content (AvgIpc) is 2.90. The van der Waals surface area contributed by atoms with Gasteiger partial charge in [-0.1, -0.05) is 30.3 Å². The molecule has 0 aliphatic rings. The summed E-state index contributed by atoms with van der Waals surface area (Å²) < 4.78 is 0. The van der Waals surface area contributed by atoms with E-state index in [0.717, 1.165) is 16.6 Å². The summed E-state index contributed by atoms with van der Waals surface area (Å²) in [4.78, 5) is 15.7. The van der Waals surface area contributed by atoms with Gasteiger partial charge < -0.3 is 10.3 Å². The molecular formula is C16H14N2O. The van der Waals surface area contributed by atoms with Crippen LogP contribution in [-0.2, 0) is 0 Å². The van der Waals surface area contributed by atoms with Crippen LogP contribution in [0.5, 0.6) is 0 Å². The second-order valence-corrected chi connectivity index (χ2v) is 4.41. The molecule has 3 aromatic rings. The number of carbonyl (C=O) groups excluding carboxylic acids is 1. The minimum absolute atomic E-state index is 0.0366. The predicted octanol–water partition coefficient (Wildman–Crippen LogP) is 3.44. The van der Waals surface area contributed by atoms with Gasteiger partial charge in [0.05, 0.1) is 0 Å². The van der Waals surface area contributed by atoms with Crippen LogP contribution in [0.25, 0.3) is 10.9 Å². The van der Waals surface area contributed by atoms with E-state index in [1.54, 1.807) is 6.20 Å². The fourth-order valence-corrected chi connectivity index (χ4v) is 2.23. The van der Waals surface area contributed by atoms with Crippen molar-refractivity contribution >= 4 is 22.4 Å². The first-order chi connectivity index (χ1) is 9.29. The topological polar surface area (TPSA) is 44.9 Å². The molecule has 0 spiro atoms. The molecule has 0 bridgehead atoms. The molecule has 0 unspecified atom stereocenters. The largest absolute Gasteiger partial charge is 0.388 e. The second kappa shape index (κ2) is 4.61. The summed E-state index contributed by atoms with van der Waals surface area (Å²) in [5, 5.41) is 4.01. The Labute approximate surface area is 111 Å². The fourth-order valence-electron chi connectivity index (χ4n) is 2.23. The van der Waals surface area contributed by atoms with Gasteiger partial charge in [-0.3, -0.25) is 4.79 Å². The van der Waals surface area contributed by atoms with Crippen molar-refractivity contribution in [1.29, 1.82) is 0 Å². The lowest BCUT2D eigenvalue weighted by Crippen LogP contribution is -2.01. The molecule has 2 N–H and O–H groups in total. The molecular weight excluding hydrogens is 236 g/mol. The third-order valence-electron chi connectivity index (χ3n) is 3.25. The van der Waals surface area contributed by atoms with Crippen molar-refractivity contribution in [3.63, 3.8) is 0 Å². The fraction of sp³-hybridized carbons (Fsp3) is 0.0625. The van der Waals surface area contributed by atoms with Crippen molar-refractivity contribution in [3.8, 4) is 0 Å². The van der Waals surface area contributed by atoms with Crippen LogP contribution in [0.15, 0.2) is 54.7 Å². The number of hydrogen-bond donors (Lipinski definition) is 2. The van der Waals surface area contributed by atoms with Crippen LogP contribution in [0.1, 0.15) is 15.9 Å². The van der Waals surface area contributed by atoms with Gasteiger partial charge in [0.15, 0.2) is 5.78 Å². The molecule has 3 nitrogen and oxygen atoms in total. The number of benzene rings is 2. The summed E-state index contributed by atoms with van der Waals surface area (Å²) >= 11 is 0. The third-order valence-corrected chi connectivity index (χ3v) is 3.25. The van der Waals surface area contributed by atoms with E-state index in [-0.39, 0.29) is 5.78 Å². The Hall–Kier alpha value is -2.55. The van der Waals surface area contributed by atoms with E-state index < -0.39 is 0 Å². The molecule has 0 radical (unpaired) electrons. The Balaban J connectivity index is 2.08. The molecule has 0 atom stereocenters. The van der Waals surface area contributed by atoms with E-state index >= 15 is 0 Å². The zero-order valence-corrected chi connectivity index (χ0v) is 10.6. The molecule has 0 fully saturated rings. The first kappa shape index (κ1) is 11.5. The maximum absolute atomic E-state index is 12.5. The van der Waals surface area contributed by atoms with Crippen LogP contribution in [0, 0.1) is 0 Å². The Morgan fingerprint density at radius 1 is 1.11 bits per heavy atom. The summed E-state index contributed by atoms with van der Waals surface area (Å²) in [5.74, 6) is 0.0366. The predicted molar refractivity (Wildman–Crippen MR) is 77.7 cm³/mol. The first-order valence-electron chi connectivity index (χ1n) is 6.18. The van der Waals surface area contributed by atoms with Crippen LogP contribution in [0.2, 0.25) is 0 Å². The number of hydrogen-bond acceptors (Lipinski definition) is 2. The number of rotatable bonds is 3. The summed E-state index contributed by atoms with van der Waals surface area (Å²) in [5.41, 5.74) is 3.32. The van der Waals surface area contributed by atoms with Crippen molar-refractivity contribution in [3.05, 3.63) is 65.9 Å². The van der Waals surface area contributed by atoms with Crippen LogP contribution in [0.4, 0.5) is 5.69 Å². The molecule has 0 aliphatic carbocycles. The molecule has 1 aromatic heterocycles. The number of aromatic amines is 1. The highest BCUT2D eigenvalue weighted by Crippen LogP contribution is 2.22. The van der Waals surface area contributed by atoms with Crippen molar-refractivity contribution in [2.24, 2.45) is 0 Å². The van der Waals surface area contributed by atoms with Crippen LogP contribution in [-0.4, -0.2) is 17.8 Å². The molecule has 0 amide bonds. The third kappa shape index (κ3) is 1.99. The summed E-state index contributed by atoms with van der Waals surface area (Å²) in [6.45, 7) is 0. The smallest absolute Gasteiger partial charge is 0.195 e. The molecule has 3 heteroatoms. The van der Waals surface area contributed by atoms with Gasteiger partial charge in [-0.15, -0.1) is 0 Å². The molecule has 1 heterocycles. The number of para-hydroxylation sites is 1. The first-order valence-corrected chi connectivity index (χ1v) is 6.18. The van der Waals surface area contributed by atoms with Crippen LogP contribution >= 0.6 is 0 Å². The average molecular weight is 250 g/mol. The molecule has 94 valence electrons. The number of nitrogens with one attached hydrogen (secondary N) is 2. The Morgan fingerprint density at radius 2 is 1.95 bits per heavy atom. The number of carbonyl (C=O) groups is 1. The van der Waals surface area contributed by atoms with Crippen LogP contribution < -0.4 is 5.32 Å². The highest BCUT2D eigenvalue weighted by Gasteiger charge is 2.13. The van der Waals surface area contributed by atoms with Gasteiger partial charge in [-0.2, -0.15) is 0 Å². The molecule has 0 saturated carbocycles. The van der Waals surface area contributed by atoms with Crippen molar-refractivity contribution < 1.29 is 4.79 Å². The number of ketones is 1. The zero-order chi connectivity index (χ0) is 13.2. The zero-order valence-electron chi connectivity index (χ0n) is 10.6. The lowest BCUT2D eigenvalue weighted by Gasteiger charge is -2.03. The summed E-state index contributed by atoms with van der Waals surface area (Å²) in [7, 11) is 1.84. The minimum atomic E-state index is 0.0366. The Morgan fingerprint density at radius 3 is 2.79 bits per heavy atom. The van der Waals surface area contributed by atoms with E-state index in [1.807, 2.05) is 55.6 Å². The standard InChI is InChI=1S/C16H14N2O/c1-17-12-6-4-5-11(9-12)16(19)14-10-18-15-8-3-2-7-13(14)15/h2-10,17-18H,1H3. The Bertz CT molecular complexity index is 743. The quantitative estimate of drug-likeness (QED) is 0.699. The molecule has 0 saturated heterocycles. The molecule has 2 aromatic carbocycles.